The van der Waals surface area contributed by atoms with Crippen molar-refractivity contribution in [1.29, 1.82) is 0 Å². The van der Waals surface area contributed by atoms with Crippen LogP contribution >= 0.6 is 22.7 Å². The zero-order valence-electron chi connectivity index (χ0n) is 34.3. The lowest BCUT2D eigenvalue weighted by atomic mass is 9.94. The van der Waals surface area contributed by atoms with Crippen LogP contribution in [0.4, 0.5) is 17.1 Å². The molecule has 0 radical (unpaired) electrons. The van der Waals surface area contributed by atoms with Gasteiger partial charge in [0.05, 0.1) is 0 Å². The van der Waals surface area contributed by atoms with Gasteiger partial charge in [0, 0.05) is 68.5 Å². The number of rotatable bonds is 8. The van der Waals surface area contributed by atoms with Gasteiger partial charge in [0.15, 0.2) is 0 Å². The second-order valence-corrected chi connectivity index (χ2v) is 18.1. The van der Waals surface area contributed by atoms with E-state index in [0.29, 0.717) is 0 Å². The van der Waals surface area contributed by atoms with Crippen LogP contribution in [0.2, 0.25) is 0 Å². The van der Waals surface area contributed by atoms with Crippen LogP contribution in [0.1, 0.15) is 0 Å². The number of anilines is 3. The molecule has 1 nitrogen and oxygen atoms in total. The highest BCUT2D eigenvalue weighted by Gasteiger charge is 2.20. The Hall–Kier alpha value is -7.56. The average molecular weight is 838 g/mol. The van der Waals surface area contributed by atoms with Crippen molar-refractivity contribution >= 4 is 80.1 Å². The third-order valence-corrected chi connectivity index (χ3v) is 14.8. The molecule has 2 aromatic heterocycles. The van der Waals surface area contributed by atoms with Gasteiger partial charge in [-0.3, -0.25) is 0 Å². The predicted octanol–water partition coefficient (Wildman–Crippen LogP) is 18.2. The normalized spacial score (nSPS) is 11.5. The average Bonchev–Trinajstić information content (AvgIpc) is 3.94. The molecule has 12 aromatic rings. The maximum atomic E-state index is 2.44. The fourth-order valence-electron chi connectivity index (χ4n) is 9.19. The molecule has 0 amide bonds. The summed E-state index contributed by atoms with van der Waals surface area (Å²) < 4.78 is 5.30. The van der Waals surface area contributed by atoms with E-state index < -0.39 is 0 Å². The Morgan fingerprint density at radius 2 is 0.651 bits per heavy atom. The molecule has 2 heterocycles. The Morgan fingerprint density at radius 3 is 1.22 bits per heavy atom. The number of fused-ring (bicyclic) bond motifs is 6. The van der Waals surface area contributed by atoms with E-state index in [1.54, 1.807) is 0 Å². The summed E-state index contributed by atoms with van der Waals surface area (Å²) >= 11 is 3.82. The van der Waals surface area contributed by atoms with Gasteiger partial charge >= 0.3 is 0 Å². The Labute approximate surface area is 375 Å². The first kappa shape index (κ1) is 37.2. The van der Waals surface area contributed by atoms with Gasteiger partial charge in [0.25, 0.3) is 0 Å². The van der Waals surface area contributed by atoms with Crippen molar-refractivity contribution < 1.29 is 0 Å². The van der Waals surface area contributed by atoms with Gasteiger partial charge in [0.2, 0.25) is 0 Å². The van der Waals surface area contributed by atoms with E-state index in [1.807, 2.05) is 22.7 Å². The molecular weight excluding hydrogens is 799 g/mol. The molecule has 0 aliphatic heterocycles. The Morgan fingerprint density at radius 1 is 0.238 bits per heavy atom. The summed E-state index contributed by atoms with van der Waals surface area (Å²) in [7, 11) is 0. The molecule has 0 atom stereocenters. The summed E-state index contributed by atoms with van der Waals surface area (Å²) in [5.41, 5.74) is 15.6. The molecule has 3 heteroatoms. The van der Waals surface area contributed by atoms with Gasteiger partial charge in [-0.05, 0) is 99.1 Å². The molecule has 0 aliphatic rings. The van der Waals surface area contributed by atoms with Crippen molar-refractivity contribution in [2.75, 3.05) is 4.90 Å². The maximum absolute atomic E-state index is 2.44. The Balaban J connectivity index is 1.01. The minimum absolute atomic E-state index is 1.10. The molecule has 0 N–H and O–H groups in total. The quantitative estimate of drug-likeness (QED) is 0.147. The molecule has 10 aromatic carbocycles. The number of nitrogens with zero attached hydrogens (tertiary/aromatic N) is 1. The molecule has 63 heavy (non-hydrogen) atoms. The lowest BCUT2D eigenvalue weighted by molar-refractivity contribution is 1.28. The summed E-state index contributed by atoms with van der Waals surface area (Å²) in [5.74, 6) is 0. The van der Waals surface area contributed by atoms with Crippen molar-refractivity contribution in [3.05, 3.63) is 237 Å². The fraction of sp³-hybridized carbons (Fsp3) is 0. The van der Waals surface area contributed by atoms with Gasteiger partial charge in [-0.1, -0.05) is 182 Å². The summed E-state index contributed by atoms with van der Waals surface area (Å²) in [5, 5.41) is 5.22. The van der Waals surface area contributed by atoms with E-state index in [1.165, 1.54) is 96.0 Å². The number of hydrogen-bond acceptors (Lipinski definition) is 3. The standard InChI is InChI=1S/C60H39NS2/c1-4-14-40(15-5-1)42-26-32-47(33-27-42)61(48-34-28-43(29-35-48)41-16-6-2-7-17-41)49-36-30-44(31-37-49)46-38-55-53-23-12-21-50(45-18-8-3-9-19-45)58(53)63-60(55)56(39-46)54-24-13-22-52-51-20-10-11-25-57(51)62-59(52)54/h1-39H. The lowest BCUT2D eigenvalue weighted by Crippen LogP contribution is -2.09. The Bertz CT molecular complexity index is 3490. The van der Waals surface area contributed by atoms with Crippen LogP contribution < -0.4 is 4.90 Å². The van der Waals surface area contributed by atoms with Crippen LogP contribution in [0.25, 0.3) is 96.0 Å². The minimum atomic E-state index is 1.10. The fourth-order valence-corrected chi connectivity index (χ4v) is 11.8. The number of benzene rings is 10. The van der Waals surface area contributed by atoms with E-state index in [-0.39, 0.29) is 0 Å². The molecule has 296 valence electrons. The molecule has 0 spiro atoms. The second kappa shape index (κ2) is 15.7. The van der Waals surface area contributed by atoms with Crippen LogP contribution in [0, 0.1) is 0 Å². The summed E-state index contributed by atoms with van der Waals surface area (Å²) in [6, 6.07) is 86.4. The highest BCUT2D eigenvalue weighted by atomic mass is 32.1. The predicted molar refractivity (Wildman–Crippen MR) is 274 cm³/mol. The van der Waals surface area contributed by atoms with Crippen LogP contribution in [-0.2, 0) is 0 Å². The zero-order chi connectivity index (χ0) is 41.7. The van der Waals surface area contributed by atoms with E-state index in [0.717, 1.165) is 17.1 Å². The van der Waals surface area contributed by atoms with Crippen molar-refractivity contribution in [2.24, 2.45) is 0 Å². The van der Waals surface area contributed by atoms with Gasteiger partial charge in [-0.15, -0.1) is 22.7 Å². The molecular formula is C60H39NS2. The first-order valence-corrected chi connectivity index (χ1v) is 23.0. The van der Waals surface area contributed by atoms with Crippen LogP contribution in [-0.4, -0.2) is 0 Å². The smallest absolute Gasteiger partial charge is 0.0462 e. The zero-order valence-corrected chi connectivity index (χ0v) is 35.9. The topological polar surface area (TPSA) is 3.24 Å². The third-order valence-electron chi connectivity index (χ3n) is 12.3. The van der Waals surface area contributed by atoms with E-state index in [9.17, 15) is 0 Å². The SMILES string of the molecule is c1ccc(-c2ccc(N(c3ccc(-c4ccccc4)cc3)c3ccc(-c4cc(-c5cccc6c5sc5ccccc56)c5sc6c(-c7ccccc7)cccc6c5c4)cc3)cc2)cc1. The van der Waals surface area contributed by atoms with Crippen LogP contribution in [0.5, 0.6) is 0 Å². The maximum Gasteiger partial charge on any atom is 0.0462 e. The van der Waals surface area contributed by atoms with Crippen molar-refractivity contribution in [3.63, 3.8) is 0 Å². The van der Waals surface area contributed by atoms with E-state index in [2.05, 4.69) is 241 Å². The molecule has 0 unspecified atom stereocenters. The van der Waals surface area contributed by atoms with Crippen molar-refractivity contribution in [2.45, 2.75) is 0 Å². The molecule has 0 bridgehead atoms. The molecule has 0 fully saturated rings. The molecule has 0 saturated heterocycles. The molecule has 12 rings (SSSR count). The van der Waals surface area contributed by atoms with Gasteiger partial charge in [-0.2, -0.15) is 0 Å². The molecule has 0 saturated carbocycles. The first-order valence-electron chi connectivity index (χ1n) is 21.4. The van der Waals surface area contributed by atoms with Crippen LogP contribution in [0.3, 0.4) is 0 Å². The highest BCUT2D eigenvalue weighted by molar-refractivity contribution is 7.27. The van der Waals surface area contributed by atoms with Crippen molar-refractivity contribution in [3.8, 4) is 55.6 Å². The summed E-state index contributed by atoms with van der Waals surface area (Å²) in [4.78, 5) is 2.36. The summed E-state index contributed by atoms with van der Waals surface area (Å²) in [6.45, 7) is 0. The van der Waals surface area contributed by atoms with E-state index >= 15 is 0 Å². The lowest BCUT2D eigenvalue weighted by Gasteiger charge is -2.26. The molecule has 0 aliphatic carbocycles. The second-order valence-electron chi connectivity index (χ2n) is 16.0. The van der Waals surface area contributed by atoms with Gasteiger partial charge in [-0.25, -0.2) is 0 Å². The largest absolute Gasteiger partial charge is 0.311 e. The Kier molecular flexibility index (Phi) is 9.29. The van der Waals surface area contributed by atoms with Gasteiger partial charge < -0.3 is 4.90 Å². The summed E-state index contributed by atoms with van der Waals surface area (Å²) in [6.07, 6.45) is 0. The first-order chi connectivity index (χ1) is 31.2. The highest BCUT2D eigenvalue weighted by Crippen LogP contribution is 2.49. The number of hydrogen-bond donors (Lipinski definition) is 0. The van der Waals surface area contributed by atoms with Crippen LogP contribution in [0.15, 0.2) is 237 Å². The minimum Gasteiger partial charge on any atom is -0.311 e. The van der Waals surface area contributed by atoms with Crippen molar-refractivity contribution in [1.82, 2.24) is 0 Å². The van der Waals surface area contributed by atoms with E-state index in [4.69, 9.17) is 0 Å². The third kappa shape index (κ3) is 6.70. The number of thiophene rings is 2. The van der Waals surface area contributed by atoms with Gasteiger partial charge in [0.1, 0.15) is 0 Å². The monoisotopic (exact) mass is 837 g/mol.